The maximum absolute atomic E-state index is 4.47. The number of thiazole rings is 1. The molecule has 3 nitrogen and oxygen atoms in total. The molecule has 2 heterocycles. The van der Waals surface area contributed by atoms with Crippen molar-refractivity contribution in [3.63, 3.8) is 0 Å². The molecule has 2 unspecified atom stereocenters. The van der Waals surface area contributed by atoms with E-state index in [0.717, 1.165) is 19.0 Å². The molecule has 0 spiro atoms. The number of nitrogens with zero attached hydrogens (tertiary/aromatic N) is 2. The molecule has 3 rings (SSSR count). The van der Waals surface area contributed by atoms with E-state index in [1.807, 2.05) is 6.20 Å². The monoisotopic (exact) mass is 279 g/mol. The Balaban J connectivity index is 1.74. The highest BCUT2D eigenvalue weighted by Gasteiger charge is 2.46. The molecule has 1 saturated heterocycles. The third kappa shape index (κ3) is 2.86. The average Bonchev–Trinajstić information content (AvgIpc) is 3.10. The second-order valence-electron chi connectivity index (χ2n) is 6.71. The minimum atomic E-state index is 0.322. The second kappa shape index (κ2) is 5.15. The number of hydrogen-bond acceptors (Lipinski definition) is 4. The van der Waals surface area contributed by atoms with Crippen LogP contribution in [0.2, 0.25) is 0 Å². The molecule has 106 valence electrons. The largest absolute Gasteiger partial charge is 0.308 e. The first kappa shape index (κ1) is 13.5. The van der Waals surface area contributed by atoms with Gasteiger partial charge in [0.25, 0.3) is 0 Å². The number of hydrogen-bond donors (Lipinski definition) is 1. The van der Waals surface area contributed by atoms with E-state index in [1.54, 1.807) is 11.3 Å². The molecule has 1 aliphatic heterocycles. The Bertz CT molecular complexity index is 413. The van der Waals surface area contributed by atoms with E-state index >= 15 is 0 Å². The molecular weight excluding hydrogens is 254 g/mol. The lowest BCUT2D eigenvalue weighted by molar-refractivity contribution is 0.0462. The van der Waals surface area contributed by atoms with E-state index < -0.39 is 0 Å². The molecule has 2 aliphatic rings. The summed E-state index contributed by atoms with van der Waals surface area (Å²) in [6, 6.07) is 0.635. The highest BCUT2D eigenvalue weighted by Crippen LogP contribution is 2.42. The molecule has 0 radical (unpaired) electrons. The minimum absolute atomic E-state index is 0.322. The van der Waals surface area contributed by atoms with Crippen LogP contribution >= 0.6 is 11.3 Å². The zero-order valence-corrected chi connectivity index (χ0v) is 13.0. The van der Waals surface area contributed by atoms with Crippen LogP contribution in [0.4, 0.5) is 0 Å². The van der Waals surface area contributed by atoms with Gasteiger partial charge in [-0.05, 0) is 31.6 Å². The first-order valence-corrected chi connectivity index (χ1v) is 8.34. The van der Waals surface area contributed by atoms with Crippen molar-refractivity contribution in [2.75, 3.05) is 13.1 Å². The van der Waals surface area contributed by atoms with Crippen LogP contribution in [0.1, 0.15) is 38.6 Å². The van der Waals surface area contributed by atoms with Gasteiger partial charge in [0.15, 0.2) is 0 Å². The van der Waals surface area contributed by atoms with Gasteiger partial charge in [0, 0.05) is 36.2 Å². The molecule has 2 atom stereocenters. The highest BCUT2D eigenvalue weighted by molar-refractivity contribution is 7.09. The molecule has 1 N–H and O–H groups in total. The molecule has 1 saturated carbocycles. The zero-order valence-electron chi connectivity index (χ0n) is 12.2. The lowest BCUT2D eigenvalue weighted by Gasteiger charge is -2.48. The van der Waals surface area contributed by atoms with E-state index in [1.165, 1.54) is 24.4 Å². The first-order chi connectivity index (χ1) is 9.08. The SMILES string of the molecule is CC(C)C1CNC(C)(C2CC2)CN1Cc1nccs1. The summed E-state index contributed by atoms with van der Waals surface area (Å²) >= 11 is 1.78. The van der Waals surface area contributed by atoms with E-state index in [9.17, 15) is 0 Å². The van der Waals surface area contributed by atoms with Crippen LogP contribution in [0.3, 0.4) is 0 Å². The van der Waals surface area contributed by atoms with E-state index in [-0.39, 0.29) is 0 Å². The highest BCUT2D eigenvalue weighted by atomic mass is 32.1. The Kier molecular flexibility index (Phi) is 3.67. The third-order valence-corrected chi connectivity index (χ3v) is 5.55. The van der Waals surface area contributed by atoms with Crippen molar-refractivity contribution in [1.29, 1.82) is 0 Å². The summed E-state index contributed by atoms with van der Waals surface area (Å²) in [5.74, 6) is 1.58. The fourth-order valence-electron chi connectivity index (χ4n) is 3.39. The van der Waals surface area contributed by atoms with Gasteiger partial charge >= 0.3 is 0 Å². The third-order valence-electron chi connectivity index (χ3n) is 4.79. The Labute approximate surface area is 120 Å². The van der Waals surface area contributed by atoms with Gasteiger partial charge in [-0.1, -0.05) is 13.8 Å². The maximum atomic E-state index is 4.47. The molecule has 4 heteroatoms. The number of piperazine rings is 1. The molecule has 0 aromatic carbocycles. The van der Waals surface area contributed by atoms with Gasteiger partial charge in [-0.25, -0.2) is 4.98 Å². The normalized spacial score (nSPS) is 32.9. The minimum Gasteiger partial charge on any atom is -0.308 e. The molecule has 0 bridgehead atoms. The van der Waals surface area contributed by atoms with Crippen molar-refractivity contribution in [2.45, 2.75) is 51.7 Å². The van der Waals surface area contributed by atoms with Crippen LogP contribution in [-0.4, -0.2) is 34.6 Å². The standard InChI is InChI=1S/C15H25N3S/c1-11(2)13-8-17-15(3,12-4-5-12)10-18(13)9-14-16-6-7-19-14/h6-7,11-13,17H,4-5,8-10H2,1-3H3. The predicted molar refractivity (Wildman–Crippen MR) is 80.3 cm³/mol. The number of nitrogens with one attached hydrogen (secondary N) is 1. The molecule has 1 aromatic heterocycles. The first-order valence-electron chi connectivity index (χ1n) is 7.46. The maximum Gasteiger partial charge on any atom is 0.107 e. The van der Waals surface area contributed by atoms with E-state index in [0.29, 0.717) is 17.5 Å². The summed E-state index contributed by atoms with van der Waals surface area (Å²) < 4.78 is 0. The molecule has 19 heavy (non-hydrogen) atoms. The molecule has 0 amide bonds. The van der Waals surface area contributed by atoms with Crippen molar-refractivity contribution in [3.8, 4) is 0 Å². The van der Waals surface area contributed by atoms with Crippen molar-refractivity contribution < 1.29 is 0 Å². The predicted octanol–water partition coefficient (Wildman–Crippen LogP) is 2.74. The van der Waals surface area contributed by atoms with E-state index in [4.69, 9.17) is 0 Å². The van der Waals surface area contributed by atoms with Gasteiger partial charge in [0.05, 0.1) is 6.54 Å². The quantitative estimate of drug-likeness (QED) is 0.918. The molecular formula is C15H25N3S. The summed E-state index contributed by atoms with van der Waals surface area (Å²) in [6.45, 7) is 10.4. The van der Waals surface area contributed by atoms with Crippen LogP contribution in [0.5, 0.6) is 0 Å². The van der Waals surface area contributed by atoms with Gasteiger partial charge in [-0.15, -0.1) is 11.3 Å². The Morgan fingerprint density at radius 1 is 1.53 bits per heavy atom. The van der Waals surface area contributed by atoms with Crippen LogP contribution < -0.4 is 5.32 Å². The smallest absolute Gasteiger partial charge is 0.107 e. The summed E-state index contributed by atoms with van der Waals surface area (Å²) in [5, 5.41) is 7.18. The number of aromatic nitrogens is 1. The van der Waals surface area contributed by atoms with Crippen molar-refractivity contribution in [3.05, 3.63) is 16.6 Å². The fourth-order valence-corrected chi connectivity index (χ4v) is 4.03. The van der Waals surface area contributed by atoms with Gasteiger partial charge in [-0.3, -0.25) is 4.90 Å². The summed E-state index contributed by atoms with van der Waals surface area (Å²) in [4.78, 5) is 7.13. The summed E-state index contributed by atoms with van der Waals surface area (Å²) in [5.41, 5.74) is 0.322. The second-order valence-corrected chi connectivity index (χ2v) is 7.69. The van der Waals surface area contributed by atoms with Crippen LogP contribution in [0, 0.1) is 11.8 Å². The van der Waals surface area contributed by atoms with Gasteiger partial charge < -0.3 is 5.32 Å². The Morgan fingerprint density at radius 2 is 2.32 bits per heavy atom. The lowest BCUT2D eigenvalue weighted by atomic mass is 9.88. The zero-order chi connectivity index (χ0) is 13.5. The molecule has 1 aromatic rings. The lowest BCUT2D eigenvalue weighted by Crippen LogP contribution is -2.64. The average molecular weight is 279 g/mol. The van der Waals surface area contributed by atoms with Gasteiger partial charge in [0.2, 0.25) is 0 Å². The van der Waals surface area contributed by atoms with Crippen molar-refractivity contribution in [1.82, 2.24) is 15.2 Å². The Morgan fingerprint density at radius 3 is 2.89 bits per heavy atom. The van der Waals surface area contributed by atoms with E-state index in [2.05, 4.69) is 41.4 Å². The summed E-state index contributed by atoms with van der Waals surface area (Å²) in [6.07, 6.45) is 4.73. The fraction of sp³-hybridized carbons (Fsp3) is 0.800. The van der Waals surface area contributed by atoms with Crippen LogP contribution in [0.25, 0.3) is 0 Å². The topological polar surface area (TPSA) is 28.2 Å². The van der Waals surface area contributed by atoms with Crippen molar-refractivity contribution >= 4 is 11.3 Å². The molecule has 1 aliphatic carbocycles. The summed E-state index contributed by atoms with van der Waals surface area (Å²) in [7, 11) is 0. The van der Waals surface area contributed by atoms with Crippen LogP contribution in [0.15, 0.2) is 11.6 Å². The van der Waals surface area contributed by atoms with Crippen LogP contribution in [-0.2, 0) is 6.54 Å². The van der Waals surface area contributed by atoms with Gasteiger partial charge in [0.1, 0.15) is 5.01 Å². The Hall–Kier alpha value is -0.450. The van der Waals surface area contributed by atoms with Crippen molar-refractivity contribution in [2.24, 2.45) is 11.8 Å². The van der Waals surface area contributed by atoms with Gasteiger partial charge in [-0.2, -0.15) is 0 Å². The number of rotatable bonds is 4. The molecule has 2 fully saturated rings.